The Morgan fingerprint density at radius 2 is 2.25 bits per heavy atom. The van der Waals surface area contributed by atoms with Crippen LogP contribution in [0.15, 0.2) is 0 Å². The van der Waals surface area contributed by atoms with Crippen LogP contribution in [-0.2, 0) is 0 Å². The average molecular weight is 187 g/mol. The largest absolute Gasteiger partial charge is 0.316 e. The predicted molar refractivity (Wildman–Crippen MR) is 57.9 cm³/mol. The van der Waals surface area contributed by atoms with E-state index in [-0.39, 0.29) is 0 Å². The quantitative estimate of drug-likeness (QED) is 0.664. The van der Waals surface area contributed by atoms with Gasteiger partial charge in [-0.15, -0.1) is 0 Å². The topological polar surface area (TPSA) is 12.0 Å². The van der Waals surface area contributed by atoms with Gasteiger partial charge in [0.05, 0.1) is 0 Å². The average Bonchev–Trinajstić information content (AvgIpc) is 2.52. The van der Waals surface area contributed by atoms with Crippen LogP contribution in [0.5, 0.6) is 0 Å². The van der Waals surface area contributed by atoms with Crippen molar-refractivity contribution in [3.8, 4) is 0 Å². The van der Waals surface area contributed by atoms with E-state index < -0.39 is 0 Å². The van der Waals surface area contributed by atoms with Crippen LogP contribution >= 0.6 is 11.8 Å². The molecule has 1 N–H and O–H groups in total. The molecule has 0 aromatic heterocycles. The van der Waals surface area contributed by atoms with Crippen molar-refractivity contribution in [2.45, 2.75) is 50.3 Å². The van der Waals surface area contributed by atoms with E-state index in [1.54, 1.807) is 0 Å². The highest BCUT2D eigenvalue weighted by atomic mass is 32.2. The third kappa shape index (κ3) is 2.98. The SMILES string of the molecule is CCCCSC1CCCC1NC. The Hall–Kier alpha value is 0.310. The predicted octanol–water partition coefficient (Wildman–Crippen LogP) is 2.66. The molecule has 1 fully saturated rings. The summed E-state index contributed by atoms with van der Waals surface area (Å²) in [5, 5.41) is 4.32. The molecule has 0 radical (unpaired) electrons. The molecule has 1 saturated carbocycles. The van der Waals surface area contributed by atoms with Gasteiger partial charge in [0.25, 0.3) is 0 Å². The fourth-order valence-corrected chi connectivity index (χ4v) is 3.43. The molecule has 2 heteroatoms. The maximum atomic E-state index is 3.42. The van der Waals surface area contributed by atoms with Crippen molar-refractivity contribution in [1.29, 1.82) is 0 Å². The molecule has 0 amide bonds. The fraction of sp³-hybridized carbons (Fsp3) is 1.00. The van der Waals surface area contributed by atoms with Gasteiger partial charge >= 0.3 is 0 Å². The number of unbranched alkanes of at least 4 members (excludes halogenated alkanes) is 1. The van der Waals surface area contributed by atoms with Crippen molar-refractivity contribution in [3.05, 3.63) is 0 Å². The van der Waals surface area contributed by atoms with Gasteiger partial charge in [0, 0.05) is 11.3 Å². The first-order chi connectivity index (χ1) is 5.88. The highest BCUT2D eigenvalue weighted by molar-refractivity contribution is 7.99. The molecular weight excluding hydrogens is 166 g/mol. The van der Waals surface area contributed by atoms with Gasteiger partial charge < -0.3 is 5.32 Å². The van der Waals surface area contributed by atoms with E-state index in [2.05, 4.69) is 31.1 Å². The summed E-state index contributed by atoms with van der Waals surface area (Å²) < 4.78 is 0. The zero-order valence-electron chi connectivity index (χ0n) is 8.31. The Kier molecular flexibility index (Phi) is 5.08. The first kappa shape index (κ1) is 10.4. The van der Waals surface area contributed by atoms with Crippen LogP contribution in [-0.4, -0.2) is 24.1 Å². The monoisotopic (exact) mass is 187 g/mol. The van der Waals surface area contributed by atoms with Crippen LogP contribution in [0.3, 0.4) is 0 Å². The molecule has 0 aliphatic heterocycles. The lowest BCUT2D eigenvalue weighted by molar-refractivity contribution is 0.591. The number of hydrogen-bond donors (Lipinski definition) is 1. The summed E-state index contributed by atoms with van der Waals surface area (Å²) >= 11 is 2.18. The first-order valence-corrected chi connectivity index (χ1v) is 6.22. The van der Waals surface area contributed by atoms with Gasteiger partial charge in [-0.2, -0.15) is 11.8 Å². The fourth-order valence-electron chi connectivity index (χ4n) is 1.83. The minimum atomic E-state index is 0.798. The van der Waals surface area contributed by atoms with Gasteiger partial charge in [-0.25, -0.2) is 0 Å². The van der Waals surface area contributed by atoms with E-state index in [1.165, 1.54) is 37.9 Å². The maximum Gasteiger partial charge on any atom is 0.0201 e. The molecule has 0 spiro atoms. The molecule has 1 nitrogen and oxygen atoms in total. The Morgan fingerprint density at radius 1 is 1.42 bits per heavy atom. The number of nitrogens with one attached hydrogen (secondary N) is 1. The maximum absolute atomic E-state index is 3.42. The molecule has 1 aliphatic carbocycles. The van der Waals surface area contributed by atoms with Crippen LogP contribution in [0.4, 0.5) is 0 Å². The summed E-state index contributed by atoms with van der Waals surface area (Å²) in [4.78, 5) is 0. The highest BCUT2D eigenvalue weighted by Crippen LogP contribution is 2.30. The van der Waals surface area contributed by atoms with Crippen molar-refractivity contribution >= 4 is 11.8 Å². The van der Waals surface area contributed by atoms with Gasteiger partial charge in [0.15, 0.2) is 0 Å². The van der Waals surface area contributed by atoms with Crippen molar-refractivity contribution in [3.63, 3.8) is 0 Å². The van der Waals surface area contributed by atoms with Crippen LogP contribution < -0.4 is 5.32 Å². The van der Waals surface area contributed by atoms with Crippen molar-refractivity contribution in [2.24, 2.45) is 0 Å². The second-order valence-electron chi connectivity index (χ2n) is 3.59. The summed E-state index contributed by atoms with van der Waals surface area (Å²) in [5.41, 5.74) is 0. The normalized spacial score (nSPS) is 29.5. The molecule has 2 atom stereocenters. The second-order valence-corrected chi connectivity index (χ2v) is 4.94. The molecule has 0 saturated heterocycles. The summed E-state index contributed by atoms with van der Waals surface area (Å²) in [6.45, 7) is 2.27. The zero-order chi connectivity index (χ0) is 8.81. The molecule has 1 rings (SSSR count). The van der Waals surface area contributed by atoms with Crippen LogP contribution in [0, 0.1) is 0 Å². The van der Waals surface area contributed by atoms with Crippen LogP contribution in [0.2, 0.25) is 0 Å². The minimum Gasteiger partial charge on any atom is -0.316 e. The Balaban J connectivity index is 2.12. The molecular formula is C10H21NS. The van der Waals surface area contributed by atoms with E-state index in [0.717, 1.165) is 11.3 Å². The lowest BCUT2D eigenvalue weighted by Crippen LogP contribution is -2.30. The molecule has 2 unspecified atom stereocenters. The third-order valence-electron chi connectivity index (χ3n) is 2.65. The zero-order valence-corrected chi connectivity index (χ0v) is 9.12. The lowest BCUT2D eigenvalue weighted by Gasteiger charge is -2.17. The lowest BCUT2D eigenvalue weighted by atomic mass is 10.2. The Labute approximate surface area is 80.7 Å². The van der Waals surface area contributed by atoms with Crippen molar-refractivity contribution in [2.75, 3.05) is 12.8 Å². The van der Waals surface area contributed by atoms with Gasteiger partial charge in [0.1, 0.15) is 0 Å². The van der Waals surface area contributed by atoms with E-state index >= 15 is 0 Å². The molecule has 0 aromatic carbocycles. The van der Waals surface area contributed by atoms with E-state index in [1.807, 2.05) is 0 Å². The van der Waals surface area contributed by atoms with E-state index in [4.69, 9.17) is 0 Å². The van der Waals surface area contributed by atoms with Gasteiger partial charge in [-0.05, 0) is 32.1 Å². The summed E-state index contributed by atoms with van der Waals surface area (Å²) in [6, 6.07) is 0.798. The number of thioether (sulfide) groups is 1. The van der Waals surface area contributed by atoms with E-state index in [0.29, 0.717) is 0 Å². The molecule has 72 valence electrons. The minimum absolute atomic E-state index is 0.798. The van der Waals surface area contributed by atoms with Gasteiger partial charge in [-0.3, -0.25) is 0 Å². The highest BCUT2D eigenvalue weighted by Gasteiger charge is 2.25. The second kappa shape index (κ2) is 5.87. The smallest absolute Gasteiger partial charge is 0.0201 e. The Bertz CT molecular complexity index is 116. The summed E-state index contributed by atoms with van der Waals surface area (Å²) in [5.74, 6) is 1.36. The molecule has 12 heavy (non-hydrogen) atoms. The number of rotatable bonds is 5. The van der Waals surface area contributed by atoms with Gasteiger partial charge in [0.2, 0.25) is 0 Å². The van der Waals surface area contributed by atoms with E-state index in [9.17, 15) is 0 Å². The van der Waals surface area contributed by atoms with Gasteiger partial charge in [-0.1, -0.05) is 19.8 Å². The Morgan fingerprint density at radius 3 is 2.92 bits per heavy atom. The third-order valence-corrected chi connectivity index (χ3v) is 4.17. The molecule has 0 heterocycles. The number of hydrogen-bond acceptors (Lipinski definition) is 2. The molecule has 0 bridgehead atoms. The summed E-state index contributed by atoms with van der Waals surface area (Å²) in [6.07, 6.45) is 6.97. The van der Waals surface area contributed by atoms with Crippen LogP contribution in [0.25, 0.3) is 0 Å². The van der Waals surface area contributed by atoms with Crippen molar-refractivity contribution < 1.29 is 0 Å². The standard InChI is InChI=1S/C10H21NS/c1-3-4-8-12-10-7-5-6-9(10)11-2/h9-11H,3-8H2,1-2H3. The van der Waals surface area contributed by atoms with Crippen LogP contribution in [0.1, 0.15) is 39.0 Å². The molecule has 1 aliphatic rings. The first-order valence-electron chi connectivity index (χ1n) is 5.17. The van der Waals surface area contributed by atoms with Crippen molar-refractivity contribution in [1.82, 2.24) is 5.32 Å². The molecule has 0 aromatic rings. The summed E-state index contributed by atoms with van der Waals surface area (Å²) in [7, 11) is 2.10.